The van der Waals surface area contributed by atoms with Crippen LogP contribution in [0.5, 0.6) is 0 Å². The van der Waals surface area contributed by atoms with Crippen molar-refractivity contribution in [3.05, 3.63) is 45.7 Å². The summed E-state index contributed by atoms with van der Waals surface area (Å²) in [5.41, 5.74) is 2.66. The van der Waals surface area contributed by atoms with Crippen LogP contribution in [0.1, 0.15) is 42.5 Å². The molecule has 106 valence electrons. The van der Waals surface area contributed by atoms with E-state index in [1.807, 2.05) is 52.0 Å². The molecule has 1 aromatic carbocycles. The molecule has 0 amide bonds. The number of halogens is 1. The molecule has 5 heteroatoms. The Morgan fingerprint density at radius 3 is 2.25 bits per heavy atom. The maximum absolute atomic E-state index is 11.3. The maximum Gasteiger partial charge on any atom is 0.357 e. The van der Waals surface area contributed by atoms with Crippen LogP contribution >= 0.6 is 15.9 Å². The van der Waals surface area contributed by atoms with Crippen LogP contribution in [0.15, 0.2) is 28.7 Å². The minimum absolute atomic E-state index is 0.0375. The molecular formula is C15H17BrN2O2. The van der Waals surface area contributed by atoms with Gasteiger partial charge in [-0.3, -0.25) is 0 Å². The van der Waals surface area contributed by atoms with Gasteiger partial charge in [0.15, 0.2) is 5.69 Å². The SMILES string of the molecule is Cc1ccc(-n2nc(C(=O)O)c(Br)c2C(C)(C)C)cc1. The molecule has 1 heterocycles. The zero-order valence-electron chi connectivity index (χ0n) is 11.9. The number of nitrogens with zero attached hydrogens (tertiary/aromatic N) is 2. The average Bonchev–Trinajstić information content (AvgIpc) is 2.67. The number of carboxylic acid groups (broad SMARTS) is 1. The monoisotopic (exact) mass is 336 g/mol. The van der Waals surface area contributed by atoms with Gasteiger partial charge in [-0.1, -0.05) is 38.5 Å². The van der Waals surface area contributed by atoms with E-state index in [0.717, 1.165) is 16.9 Å². The molecule has 0 atom stereocenters. The Bertz CT molecular complexity index is 652. The Hall–Kier alpha value is -1.62. The minimum Gasteiger partial charge on any atom is -0.476 e. The van der Waals surface area contributed by atoms with E-state index in [-0.39, 0.29) is 11.1 Å². The highest BCUT2D eigenvalue weighted by Gasteiger charge is 2.29. The predicted octanol–water partition coefficient (Wildman–Crippen LogP) is 3.94. The van der Waals surface area contributed by atoms with Crippen molar-refractivity contribution in [2.45, 2.75) is 33.1 Å². The van der Waals surface area contributed by atoms with Crippen LogP contribution in [-0.2, 0) is 5.41 Å². The maximum atomic E-state index is 11.3. The fourth-order valence-corrected chi connectivity index (χ4v) is 3.07. The van der Waals surface area contributed by atoms with Crippen LogP contribution in [0, 0.1) is 6.92 Å². The number of aryl methyl sites for hydroxylation is 1. The molecule has 0 fully saturated rings. The minimum atomic E-state index is -1.03. The molecule has 0 radical (unpaired) electrons. The van der Waals surface area contributed by atoms with Crippen molar-refractivity contribution in [2.75, 3.05) is 0 Å². The summed E-state index contributed by atoms with van der Waals surface area (Å²) in [7, 11) is 0. The van der Waals surface area contributed by atoms with Crippen molar-refractivity contribution in [3.63, 3.8) is 0 Å². The number of hydrogen-bond acceptors (Lipinski definition) is 2. The van der Waals surface area contributed by atoms with E-state index in [1.165, 1.54) is 0 Å². The van der Waals surface area contributed by atoms with E-state index < -0.39 is 5.97 Å². The highest BCUT2D eigenvalue weighted by Crippen LogP contribution is 2.34. The number of aromatic carboxylic acids is 1. The van der Waals surface area contributed by atoms with E-state index in [0.29, 0.717) is 4.47 Å². The number of aromatic nitrogens is 2. The molecule has 0 aliphatic heterocycles. The Kier molecular flexibility index (Phi) is 3.73. The highest BCUT2D eigenvalue weighted by molar-refractivity contribution is 9.10. The second-order valence-electron chi connectivity index (χ2n) is 5.81. The molecule has 0 saturated heterocycles. The van der Waals surface area contributed by atoms with Crippen LogP contribution in [0.3, 0.4) is 0 Å². The Labute approximate surface area is 126 Å². The van der Waals surface area contributed by atoms with E-state index in [4.69, 9.17) is 0 Å². The summed E-state index contributed by atoms with van der Waals surface area (Å²) in [4.78, 5) is 11.3. The van der Waals surface area contributed by atoms with Crippen molar-refractivity contribution in [2.24, 2.45) is 0 Å². The lowest BCUT2D eigenvalue weighted by atomic mass is 9.91. The smallest absolute Gasteiger partial charge is 0.357 e. The van der Waals surface area contributed by atoms with Gasteiger partial charge < -0.3 is 5.11 Å². The molecule has 2 aromatic rings. The van der Waals surface area contributed by atoms with E-state index in [2.05, 4.69) is 21.0 Å². The van der Waals surface area contributed by atoms with Crippen molar-refractivity contribution in [1.82, 2.24) is 9.78 Å². The van der Waals surface area contributed by atoms with Gasteiger partial charge in [0.25, 0.3) is 0 Å². The fourth-order valence-electron chi connectivity index (χ4n) is 2.06. The van der Waals surface area contributed by atoms with Crippen LogP contribution in [0.25, 0.3) is 5.69 Å². The molecule has 4 nitrogen and oxygen atoms in total. The van der Waals surface area contributed by atoms with Crippen molar-refractivity contribution in [3.8, 4) is 5.69 Å². The number of hydrogen-bond donors (Lipinski definition) is 1. The summed E-state index contributed by atoms with van der Waals surface area (Å²) >= 11 is 3.39. The molecular weight excluding hydrogens is 320 g/mol. The molecule has 1 aromatic heterocycles. The summed E-state index contributed by atoms with van der Waals surface area (Å²) in [5, 5.41) is 13.5. The first-order valence-corrected chi connectivity index (χ1v) is 7.10. The van der Waals surface area contributed by atoms with Gasteiger partial charge >= 0.3 is 5.97 Å². The lowest BCUT2D eigenvalue weighted by Gasteiger charge is -2.21. The third kappa shape index (κ3) is 2.63. The third-order valence-electron chi connectivity index (χ3n) is 3.02. The van der Waals surface area contributed by atoms with Gasteiger partial charge in [-0.2, -0.15) is 5.10 Å². The first kappa shape index (κ1) is 14.8. The molecule has 2 rings (SSSR count). The number of carbonyl (C=O) groups is 1. The van der Waals surface area contributed by atoms with Crippen molar-refractivity contribution >= 4 is 21.9 Å². The average molecular weight is 337 g/mol. The number of benzene rings is 1. The Morgan fingerprint density at radius 2 is 1.80 bits per heavy atom. The summed E-state index contributed by atoms with van der Waals surface area (Å²) < 4.78 is 2.24. The highest BCUT2D eigenvalue weighted by atomic mass is 79.9. The van der Waals surface area contributed by atoms with E-state index >= 15 is 0 Å². The number of carboxylic acids is 1. The second kappa shape index (κ2) is 5.05. The molecule has 1 N–H and O–H groups in total. The van der Waals surface area contributed by atoms with Crippen LogP contribution in [-0.4, -0.2) is 20.9 Å². The van der Waals surface area contributed by atoms with Crippen molar-refractivity contribution < 1.29 is 9.90 Å². The molecule has 0 unspecified atom stereocenters. The molecule has 20 heavy (non-hydrogen) atoms. The first-order valence-electron chi connectivity index (χ1n) is 6.31. The molecule has 0 saturated carbocycles. The molecule has 0 spiro atoms. The second-order valence-corrected chi connectivity index (χ2v) is 6.61. The predicted molar refractivity (Wildman–Crippen MR) is 81.7 cm³/mol. The molecule has 0 aliphatic carbocycles. The molecule has 0 aliphatic rings. The van der Waals surface area contributed by atoms with E-state index in [1.54, 1.807) is 4.68 Å². The summed E-state index contributed by atoms with van der Waals surface area (Å²) in [6.07, 6.45) is 0. The van der Waals surface area contributed by atoms with Gasteiger partial charge in [0.05, 0.1) is 15.9 Å². The Morgan fingerprint density at radius 1 is 1.25 bits per heavy atom. The van der Waals surface area contributed by atoms with Gasteiger partial charge in [0.2, 0.25) is 0 Å². The van der Waals surface area contributed by atoms with Crippen LogP contribution in [0.2, 0.25) is 0 Å². The lowest BCUT2D eigenvalue weighted by molar-refractivity contribution is 0.0689. The normalized spacial score (nSPS) is 11.7. The zero-order valence-corrected chi connectivity index (χ0v) is 13.5. The summed E-state index contributed by atoms with van der Waals surface area (Å²) in [6, 6.07) is 7.85. The van der Waals surface area contributed by atoms with Crippen LogP contribution in [0.4, 0.5) is 0 Å². The summed E-state index contributed by atoms with van der Waals surface area (Å²) in [5.74, 6) is -1.03. The topological polar surface area (TPSA) is 55.1 Å². The quantitative estimate of drug-likeness (QED) is 0.903. The zero-order chi connectivity index (χ0) is 15.1. The summed E-state index contributed by atoms with van der Waals surface area (Å²) in [6.45, 7) is 8.11. The Balaban J connectivity index is 2.72. The molecule has 0 bridgehead atoms. The van der Waals surface area contributed by atoms with Crippen LogP contribution < -0.4 is 0 Å². The van der Waals surface area contributed by atoms with Gasteiger partial charge in [-0.15, -0.1) is 0 Å². The largest absolute Gasteiger partial charge is 0.476 e. The van der Waals surface area contributed by atoms with Gasteiger partial charge in [-0.25, -0.2) is 9.48 Å². The van der Waals surface area contributed by atoms with Gasteiger partial charge in [0.1, 0.15) is 0 Å². The fraction of sp³-hybridized carbons (Fsp3) is 0.333. The van der Waals surface area contributed by atoms with E-state index in [9.17, 15) is 9.90 Å². The van der Waals surface area contributed by atoms with Crippen molar-refractivity contribution in [1.29, 1.82) is 0 Å². The number of rotatable bonds is 2. The first-order chi connectivity index (χ1) is 9.21. The standard InChI is InChI=1S/C15H17BrN2O2/c1-9-5-7-10(8-6-9)18-13(15(2,3)4)11(16)12(17-18)14(19)20/h5-8H,1-4H3,(H,19,20). The third-order valence-corrected chi connectivity index (χ3v) is 3.77. The lowest BCUT2D eigenvalue weighted by Crippen LogP contribution is -2.18. The van der Waals surface area contributed by atoms with Gasteiger partial charge in [-0.05, 0) is 35.0 Å². The van der Waals surface area contributed by atoms with Gasteiger partial charge in [0, 0.05) is 5.41 Å².